The number of ether oxygens (including phenoxy) is 1. The predicted octanol–water partition coefficient (Wildman–Crippen LogP) is 3.06. The maximum absolute atomic E-state index is 11.3. The van der Waals surface area contributed by atoms with Crippen LogP contribution >= 0.6 is 31.9 Å². The van der Waals surface area contributed by atoms with Crippen LogP contribution in [0.5, 0.6) is 0 Å². The average molecular weight is 312 g/mol. The van der Waals surface area contributed by atoms with Gasteiger partial charge in [-0.2, -0.15) is 0 Å². The number of methoxy groups -OCH3 is 1. The van der Waals surface area contributed by atoms with Crippen molar-refractivity contribution in [2.24, 2.45) is 17.3 Å². The van der Waals surface area contributed by atoms with Crippen LogP contribution in [0.15, 0.2) is 9.47 Å². The first-order valence-electron chi connectivity index (χ1n) is 4.02. The number of rotatable bonds is 2. The normalized spacial score (nSPS) is 29.3. The van der Waals surface area contributed by atoms with Crippen LogP contribution in [-0.2, 0) is 9.53 Å². The van der Waals surface area contributed by atoms with Crippen LogP contribution in [0, 0.1) is 17.3 Å². The highest BCUT2D eigenvalue weighted by atomic mass is 79.9. The van der Waals surface area contributed by atoms with E-state index in [1.54, 1.807) is 0 Å². The van der Waals surface area contributed by atoms with E-state index in [0.717, 1.165) is 3.39 Å². The molecule has 1 aliphatic carbocycles. The Balaban J connectivity index is 2.72. The number of hydrogen-bond donors (Lipinski definition) is 0. The number of carbonyl (C=O) groups is 1. The van der Waals surface area contributed by atoms with Crippen LogP contribution in [0.2, 0.25) is 0 Å². The molecule has 0 aromatic heterocycles. The molecular weight excluding hydrogens is 300 g/mol. The Kier molecular flexibility index (Phi) is 3.23. The first kappa shape index (κ1) is 11.2. The molecule has 0 bridgehead atoms. The van der Waals surface area contributed by atoms with Gasteiger partial charge in [-0.15, -0.1) is 0 Å². The second-order valence-electron chi connectivity index (χ2n) is 3.80. The number of carbonyl (C=O) groups excluding carboxylic acids is 1. The molecule has 0 heterocycles. The van der Waals surface area contributed by atoms with Crippen molar-refractivity contribution in [1.82, 2.24) is 0 Å². The smallest absolute Gasteiger partial charge is 0.309 e. The molecule has 1 fully saturated rings. The van der Waals surface area contributed by atoms with Gasteiger partial charge in [0.1, 0.15) is 0 Å². The standard InChI is InChI=1S/C9H12Br2O2/c1-9(2)5(4-6(10)11)7(9)8(12)13-3/h4-5,7H,1-3H3. The van der Waals surface area contributed by atoms with Gasteiger partial charge in [-0.05, 0) is 43.2 Å². The lowest BCUT2D eigenvalue weighted by atomic mass is 10.1. The van der Waals surface area contributed by atoms with E-state index in [0.29, 0.717) is 0 Å². The Hall–Kier alpha value is 0.170. The maximum Gasteiger partial charge on any atom is 0.309 e. The van der Waals surface area contributed by atoms with Crippen molar-refractivity contribution < 1.29 is 9.53 Å². The Bertz CT molecular complexity index is 254. The summed E-state index contributed by atoms with van der Waals surface area (Å²) in [6.07, 6.45) is 2.00. The van der Waals surface area contributed by atoms with E-state index in [-0.39, 0.29) is 23.2 Å². The number of esters is 1. The SMILES string of the molecule is COC(=O)C1C(C=C(Br)Br)C1(C)C. The first-order chi connectivity index (χ1) is 5.91. The summed E-state index contributed by atoms with van der Waals surface area (Å²) in [5.74, 6) is 0.156. The summed E-state index contributed by atoms with van der Waals surface area (Å²) in [6, 6.07) is 0. The molecule has 0 aliphatic heterocycles. The van der Waals surface area contributed by atoms with Crippen LogP contribution in [0.25, 0.3) is 0 Å². The van der Waals surface area contributed by atoms with E-state index in [2.05, 4.69) is 45.7 Å². The molecule has 0 amide bonds. The Morgan fingerprint density at radius 3 is 2.38 bits per heavy atom. The number of allylic oxidation sites excluding steroid dienone is 1. The summed E-state index contributed by atoms with van der Waals surface area (Å²) in [4.78, 5) is 11.3. The zero-order valence-electron chi connectivity index (χ0n) is 7.80. The summed E-state index contributed by atoms with van der Waals surface area (Å²) >= 11 is 6.58. The molecule has 1 aliphatic rings. The molecule has 2 unspecified atom stereocenters. The Morgan fingerprint density at radius 1 is 1.46 bits per heavy atom. The second kappa shape index (κ2) is 3.73. The van der Waals surface area contributed by atoms with Crippen molar-refractivity contribution in [3.8, 4) is 0 Å². The van der Waals surface area contributed by atoms with Crippen LogP contribution in [0.4, 0.5) is 0 Å². The second-order valence-corrected chi connectivity index (χ2v) is 6.58. The third-order valence-electron chi connectivity index (χ3n) is 2.67. The summed E-state index contributed by atoms with van der Waals surface area (Å²) < 4.78 is 5.62. The molecular formula is C9H12Br2O2. The molecule has 0 saturated heterocycles. The van der Waals surface area contributed by atoms with E-state index in [1.165, 1.54) is 7.11 Å². The lowest BCUT2D eigenvalue weighted by Crippen LogP contribution is -2.07. The van der Waals surface area contributed by atoms with Crippen molar-refractivity contribution in [3.63, 3.8) is 0 Å². The number of hydrogen-bond acceptors (Lipinski definition) is 2. The molecule has 1 saturated carbocycles. The highest BCUT2D eigenvalue weighted by Gasteiger charge is 2.61. The van der Waals surface area contributed by atoms with Crippen LogP contribution in [0.3, 0.4) is 0 Å². The third-order valence-corrected chi connectivity index (χ3v) is 3.20. The van der Waals surface area contributed by atoms with Crippen molar-refractivity contribution in [1.29, 1.82) is 0 Å². The lowest BCUT2D eigenvalue weighted by molar-refractivity contribution is -0.143. The zero-order chi connectivity index (χ0) is 10.2. The lowest BCUT2D eigenvalue weighted by Gasteiger charge is -1.98. The van der Waals surface area contributed by atoms with Gasteiger partial charge >= 0.3 is 5.97 Å². The van der Waals surface area contributed by atoms with Gasteiger partial charge in [-0.25, -0.2) is 0 Å². The van der Waals surface area contributed by atoms with Gasteiger partial charge in [0.25, 0.3) is 0 Å². The quantitative estimate of drug-likeness (QED) is 0.733. The molecule has 0 radical (unpaired) electrons. The van der Waals surface area contributed by atoms with Gasteiger partial charge in [0.05, 0.1) is 16.4 Å². The van der Waals surface area contributed by atoms with Gasteiger partial charge < -0.3 is 4.74 Å². The molecule has 0 aromatic rings. The van der Waals surface area contributed by atoms with E-state index < -0.39 is 0 Å². The Morgan fingerprint density at radius 2 is 2.00 bits per heavy atom. The fourth-order valence-corrected chi connectivity index (χ4v) is 2.27. The van der Waals surface area contributed by atoms with Crippen LogP contribution < -0.4 is 0 Å². The summed E-state index contributed by atoms with van der Waals surface area (Å²) in [5, 5.41) is 0. The van der Waals surface area contributed by atoms with Crippen molar-refractivity contribution >= 4 is 37.8 Å². The van der Waals surface area contributed by atoms with Gasteiger partial charge in [-0.3, -0.25) is 4.79 Å². The molecule has 2 nitrogen and oxygen atoms in total. The molecule has 1 rings (SSSR count). The molecule has 74 valence electrons. The monoisotopic (exact) mass is 310 g/mol. The highest BCUT2D eigenvalue weighted by Crippen LogP contribution is 2.60. The summed E-state index contributed by atoms with van der Waals surface area (Å²) in [5.41, 5.74) is 0.0277. The number of halogens is 2. The fourth-order valence-electron chi connectivity index (χ4n) is 1.70. The van der Waals surface area contributed by atoms with E-state index in [9.17, 15) is 4.79 Å². The first-order valence-corrected chi connectivity index (χ1v) is 5.60. The van der Waals surface area contributed by atoms with Gasteiger partial charge in [0.15, 0.2) is 0 Å². The Labute approximate surface area is 95.0 Å². The van der Waals surface area contributed by atoms with E-state index in [4.69, 9.17) is 4.74 Å². The fraction of sp³-hybridized carbons (Fsp3) is 0.667. The van der Waals surface area contributed by atoms with Gasteiger partial charge in [0.2, 0.25) is 0 Å². The topological polar surface area (TPSA) is 26.3 Å². The van der Waals surface area contributed by atoms with E-state index >= 15 is 0 Å². The minimum atomic E-state index is -0.118. The van der Waals surface area contributed by atoms with E-state index in [1.807, 2.05) is 6.08 Å². The third kappa shape index (κ3) is 2.15. The van der Waals surface area contributed by atoms with Crippen molar-refractivity contribution in [2.75, 3.05) is 7.11 Å². The maximum atomic E-state index is 11.3. The predicted molar refractivity (Wildman–Crippen MR) is 58.7 cm³/mol. The minimum Gasteiger partial charge on any atom is -0.469 e. The largest absolute Gasteiger partial charge is 0.469 e. The molecule has 13 heavy (non-hydrogen) atoms. The molecule has 0 aromatic carbocycles. The van der Waals surface area contributed by atoms with Crippen LogP contribution in [-0.4, -0.2) is 13.1 Å². The molecule has 0 spiro atoms. The zero-order valence-corrected chi connectivity index (χ0v) is 11.0. The summed E-state index contributed by atoms with van der Waals surface area (Å²) in [7, 11) is 1.43. The minimum absolute atomic E-state index is 0.00241. The van der Waals surface area contributed by atoms with Crippen molar-refractivity contribution in [2.45, 2.75) is 13.8 Å². The molecule has 2 atom stereocenters. The average Bonchev–Trinajstić information content (AvgIpc) is 2.51. The van der Waals surface area contributed by atoms with Crippen molar-refractivity contribution in [3.05, 3.63) is 9.47 Å². The molecule has 4 heteroatoms. The van der Waals surface area contributed by atoms with Gasteiger partial charge in [0, 0.05) is 0 Å². The van der Waals surface area contributed by atoms with Crippen LogP contribution in [0.1, 0.15) is 13.8 Å². The highest BCUT2D eigenvalue weighted by molar-refractivity contribution is 9.28. The molecule has 0 N–H and O–H groups in total. The summed E-state index contributed by atoms with van der Waals surface area (Å²) in [6.45, 7) is 4.14. The van der Waals surface area contributed by atoms with Gasteiger partial charge in [-0.1, -0.05) is 19.9 Å².